The average Bonchev–Trinajstić information content (AvgIpc) is 3.61. The second kappa shape index (κ2) is 8.52. The van der Waals surface area contributed by atoms with Gasteiger partial charge in [-0.05, 0) is 61.1 Å². The highest BCUT2D eigenvalue weighted by Gasteiger charge is 2.40. The van der Waals surface area contributed by atoms with Gasteiger partial charge in [0, 0.05) is 22.1 Å². The zero-order valence-corrected chi connectivity index (χ0v) is 24.5. The molecular weight excluding hydrogens is 535 g/mol. The van der Waals surface area contributed by atoms with E-state index < -0.39 is 0 Å². The predicted molar refractivity (Wildman–Crippen MR) is 184 cm³/mol. The van der Waals surface area contributed by atoms with Crippen LogP contribution in [0.1, 0.15) is 11.1 Å². The SMILES string of the molecule is Cc1cccc(C)c1B1c2ccc3cccc4c3c2n(c2nc3ccccc3n42)-c2c1n(-c1ccccc1)c1ccccc21. The number of rotatable bonds is 2. The first kappa shape index (κ1) is 24.0. The van der Waals surface area contributed by atoms with Gasteiger partial charge >= 0.3 is 0 Å². The Morgan fingerprint density at radius 1 is 0.591 bits per heavy atom. The molecule has 0 unspecified atom stereocenters. The lowest BCUT2D eigenvalue weighted by atomic mass is 9.35. The molecule has 206 valence electrons. The van der Waals surface area contributed by atoms with E-state index in [4.69, 9.17) is 4.98 Å². The van der Waals surface area contributed by atoms with Crippen LogP contribution >= 0.6 is 0 Å². The number of aryl methyl sites for hydroxylation is 2. The summed E-state index contributed by atoms with van der Waals surface area (Å²) >= 11 is 0. The number of hydrogen-bond donors (Lipinski definition) is 0. The maximum atomic E-state index is 5.37. The molecule has 0 saturated carbocycles. The van der Waals surface area contributed by atoms with Crippen molar-refractivity contribution in [2.45, 2.75) is 13.8 Å². The summed E-state index contributed by atoms with van der Waals surface area (Å²) in [4.78, 5) is 5.37. The molecule has 0 amide bonds. The van der Waals surface area contributed by atoms with Crippen molar-refractivity contribution in [3.05, 3.63) is 139 Å². The molecule has 3 aromatic heterocycles. The maximum absolute atomic E-state index is 5.37. The van der Waals surface area contributed by atoms with E-state index in [9.17, 15) is 0 Å². The summed E-state index contributed by atoms with van der Waals surface area (Å²) in [5, 5.41) is 3.74. The minimum absolute atomic E-state index is 0.0263. The second-order valence-corrected chi connectivity index (χ2v) is 12.1. The summed E-state index contributed by atoms with van der Waals surface area (Å²) < 4.78 is 7.35. The second-order valence-electron chi connectivity index (χ2n) is 12.1. The van der Waals surface area contributed by atoms with Crippen LogP contribution in [0.3, 0.4) is 0 Å². The molecule has 0 aliphatic carbocycles. The van der Waals surface area contributed by atoms with Crippen LogP contribution in [0.15, 0.2) is 127 Å². The fourth-order valence-corrected chi connectivity index (χ4v) is 8.05. The van der Waals surface area contributed by atoms with E-state index in [0.717, 1.165) is 22.5 Å². The molecule has 1 aliphatic heterocycles. The van der Waals surface area contributed by atoms with E-state index in [1.165, 1.54) is 66.0 Å². The first-order valence-electron chi connectivity index (χ1n) is 15.3. The Balaban J connectivity index is 1.54. The zero-order valence-electron chi connectivity index (χ0n) is 24.5. The third-order valence-electron chi connectivity index (χ3n) is 9.77. The first-order valence-corrected chi connectivity index (χ1v) is 15.3. The third-order valence-corrected chi connectivity index (χ3v) is 9.77. The molecule has 6 aromatic carbocycles. The molecule has 44 heavy (non-hydrogen) atoms. The fourth-order valence-electron chi connectivity index (χ4n) is 8.05. The molecule has 4 nitrogen and oxygen atoms in total. The number of imidazole rings is 1. The molecule has 0 atom stereocenters. The van der Waals surface area contributed by atoms with Crippen molar-refractivity contribution >= 4 is 72.8 Å². The van der Waals surface area contributed by atoms with Crippen molar-refractivity contribution in [2.24, 2.45) is 0 Å². The first-order chi connectivity index (χ1) is 21.7. The molecule has 0 N–H and O–H groups in total. The van der Waals surface area contributed by atoms with Gasteiger partial charge in [-0.3, -0.25) is 8.97 Å². The largest absolute Gasteiger partial charge is 0.319 e. The zero-order chi connectivity index (χ0) is 29.1. The Kier molecular flexibility index (Phi) is 4.64. The van der Waals surface area contributed by atoms with Crippen LogP contribution in [0.25, 0.3) is 60.9 Å². The van der Waals surface area contributed by atoms with Crippen molar-refractivity contribution in [3.63, 3.8) is 0 Å². The van der Waals surface area contributed by atoms with Crippen LogP contribution in [0.4, 0.5) is 0 Å². The molecule has 0 radical (unpaired) electrons. The molecule has 5 heteroatoms. The Bertz CT molecular complexity index is 2620. The van der Waals surface area contributed by atoms with E-state index >= 15 is 0 Å². The fraction of sp³-hybridized carbons (Fsp3) is 0.0513. The Labute approximate surface area is 254 Å². The highest BCUT2D eigenvalue weighted by molar-refractivity contribution is 6.98. The summed E-state index contributed by atoms with van der Waals surface area (Å²) in [5.74, 6) is 0.941. The molecule has 10 rings (SSSR count). The molecule has 0 spiro atoms. The van der Waals surface area contributed by atoms with Crippen molar-refractivity contribution in [2.75, 3.05) is 0 Å². The number of fused-ring (bicyclic) bond motifs is 9. The van der Waals surface area contributed by atoms with Crippen LogP contribution in [-0.4, -0.2) is 25.2 Å². The van der Waals surface area contributed by atoms with Crippen LogP contribution in [0.5, 0.6) is 0 Å². The number of nitrogens with zero attached hydrogens (tertiary/aromatic N) is 4. The summed E-state index contributed by atoms with van der Waals surface area (Å²) in [6.45, 7) is 4.56. The van der Waals surface area contributed by atoms with E-state index in [0.29, 0.717) is 0 Å². The third kappa shape index (κ3) is 2.91. The van der Waals surface area contributed by atoms with E-state index in [2.05, 4.69) is 155 Å². The van der Waals surface area contributed by atoms with Gasteiger partial charge in [-0.15, -0.1) is 0 Å². The summed E-state index contributed by atoms with van der Waals surface area (Å²) in [6, 6.07) is 46.3. The Hall–Kier alpha value is -5.55. The topological polar surface area (TPSA) is 27.2 Å². The molecule has 1 aliphatic rings. The van der Waals surface area contributed by atoms with Crippen LogP contribution < -0.4 is 16.5 Å². The number of hydrogen-bond acceptors (Lipinski definition) is 1. The van der Waals surface area contributed by atoms with Crippen molar-refractivity contribution in [1.29, 1.82) is 0 Å². The normalized spacial score (nSPS) is 12.7. The maximum Gasteiger partial charge on any atom is 0.268 e. The van der Waals surface area contributed by atoms with Crippen molar-refractivity contribution < 1.29 is 0 Å². The Morgan fingerprint density at radius 3 is 2.14 bits per heavy atom. The van der Waals surface area contributed by atoms with Gasteiger partial charge in [0.2, 0.25) is 5.78 Å². The van der Waals surface area contributed by atoms with Crippen LogP contribution in [0, 0.1) is 13.8 Å². The lowest BCUT2D eigenvalue weighted by molar-refractivity contribution is 1.06. The highest BCUT2D eigenvalue weighted by Crippen LogP contribution is 2.38. The summed E-state index contributed by atoms with van der Waals surface area (Å²) in [5.41, 5.74) is 14.7. The predicted octanol–water partition coefficient (Wildman–Crippen LogP) is 6.97. The minimum Gasteiger partial charge on any atom is -0.319 e. The quantitative estimate of drug-likeness (QED) is 0.209. The number of benzene rings is 6. The lowest BCUT2D eigenvalue weighted by Gasteiger charge is -2.31. The van der Waals surface area contributed by atoms with Crippen LogP contribution in [-0.2, 0) is 0 Å². The molecule has 4 heterocycles. The van der Waals surface area contributed by atoms with E-state index in [1.807, 2.05) is 0 Å². The number of para-hydroxylation sites is 4. The van der Waals surface area contributed by atoms with Gasteiger partial charge < -0.3 is 4.57 Å². The molecule has 0 saturated heterocycles. The molecule has 0 fully saturated rings. The average molecular weight is 562 g/mol. The van der Waals surface area contributed by atoms with Gasteiger partial charge in [-0.1, -0.05) is 108 Å². The van der Waals surface area contributed by atoms with Gasteiger partial charge in [0.25, 0.3) is 6.71 Å². The Morgan fingerprint density at radius 2 is 1.30 bits per heavy atom. The van der Waals surface area contributed by atoms with Crippen LogP contribution in [0.2, 0.25) is 0 Å². The lowest BCUT2D eigenvalue weighted by Crippen LogP contribution is -2.59. The molecule has 9 aromatic rings. The number of aromatic nitrogens is 4. The van der Waals surface area contributed by atoms with Crippen molar-refractivity contribution in [3.8, 4) is 11.4 Å². The standard InChI is InChI=1S/C39H27BN4/c1-24-12-10-13-25(2)35(24)40-29-23-22-26-14-11-21-33-34(26)37(29)44(39-41-30-18-7-9-20-32(30)43(33)39)36-28-17-6-8-19-31(28)42(38(36)40)27-15-4-3-5-16-27/h3-23H,1-2H3. The molecular formula is C39H27BN4. The van der Waals surface area contributed by atoms with Gasteiger partial charge in [0.1, 0.15) is 0 Å². The summed E-state index contributed by atoms with van der Waals surface area (Å²) in [6.07, 6.45) is 0. The van der Waals surface area contributed by atoms with E-state index in [1.54, 1.807) is 0 Å². The van der Waals surface area contributed by atoms with Gasteiger partial charge in [-0.2, -0.15) is 0 Å². The highest BCUT2D eigenvalue weighted by atomic mass is 15.2. The monoisotopic (exact) mass is 562 g/mol. The van der Waals surface area contributed by atoms with Gasteiger partial charge in [0.15, 0.2) is 0 Å². The molecule has 0 bridgehead atoms. The van der Waals surface area contributed by atoms with Crippen molar-refractivity contribution in [1.82, 2.24) is 18.5 Å². The minimum atomic E-state index is 0.0263. The van der Waals surface area contributed by atoms with E-state index in [-0.39, 0.29) is 6.71 Å². The van der Waals surface area contributed by atoms with Gasteiger partial charge in [-0.25, -0.2) is 4.98 Å². The smallest absolute Gasteiger partial charge is 0.268 e. The van der Waals surface area contributed by atoms with Gasteiger partial charge in [0.05, 0.1) is 33.3 Å². The summed E-state index contributed by atoms with van der Waals surface area (Å²) in [7, 11) is 0.